The van der Waals surface area contributed by atoms with E-state index in [4.69, 9.17) is 9.26 Å². The molecule has 1 aliphatic rings. The van der Waals surface area contributed by atoms with E-state index in [0.717, 1.165) is 43.1 Å². The van der Waals surface area contributed by atoms with Crippen LogP contribution in [0.4, 0.5) is 0 Å². The van der Waals surface area contributed by atoms with Gasteiger partial charge in [-0.15, -0.1) is 0 Å². The van der Waals surface area contributed by atoms with Crippen molar-refractivity contribution in [1.29, 1.82) is 0 Å². The van der Waals surface area contributed by atoms with Gasteiger partial charge in [0.25, 0.3) is 0 Å². The normalized spacial score (nSPS) is 19.2. The molecule has 0 amide bonds. The highest BCUT2D eigenvalue weighted by atomic mass is 16.5. The van der Waals surface area contributed by atoms with Crippen LogP contribution in [-0.2, 0) is 17.6 Å². The highest BCUT2D eigenvalue weighted by molar-refractivity contribution is 5.22. The SMILES string of the molecule is Cc1[nH]nc(CCc2nc([C@H]3CCOC3)no2)c1C. The highest BCUT2D eigenvalue weighted by Gasteiger charge is 2.23. The van der Waals surface area contributed by atoms with Gasteiger partial charge in [-0.05, 0) is 25.8 Å². The van der Waals surface area contributed by atoms with Gasteiger partial charge in [-0.3, -0.25) is 5.10 Å². The molecule has 0 aliphatic carbocycles. The second-order valence-corrected chi connectivity index (χ2v) is 5.03. The molecule has 19 heavy (non-hydrogen) atoms. The Morgan fingerprint density at radius 1 is 1.32 bits per heavy atom. The minimum absolute atomic E-state index is 0.298. The summed E-state index contributed by atoms with van der Waals surface area (Å²) in [6.07, 6.45) is 2.53. The monoisotopic (exact) mass is 262 g/mol. The average Bonchev–Trinajstić information content (AvgIpc) is 3.11. The van der Waals surface area contributed by atoms with E-state index in [0.29, 0.717) is 18.4 Å². The Kier molecular flexibility index (Phi) is 3.33. The molecule has 2 aromatic heterocycles. The van der Waals surface area contributed by atoms with Gasteiger partial charge in [0.05, 0.1) is 12.3 Å². The number of rotatable bonds is 4. The van der Waals surface area contributed by atoms with E-state index in [1.54, 1.807) is 0 Å². The molecule has 0 aromatic carbocycles. The average molecular weight is 262 g/mol. The standard InChI is InChI=1S/C13H18N4O2/c1-8-9(2)15-16-11(8)3-4-12-14-13(17-19-12)10-5-6-18-7-10/h10H,3-7H2,1-2H3,(H,15,16)/t10-/m0/s1. The fourth-order valence-corrected chi connectivity index (χ4v) is 2.28. The molecule has 1 aliphatic heterocycles. The van der Waals surface area contributed by atoms with Gasteiger partial charge in [0, 0.05) is 31.1 Å². The quantitative estimate of drug-likeness (QED) is 0.907. The molecule has 0 spiro atoms. The summed E-state index contributed by atoms with van der Waals surface area (Å²) in [5, 5.41) is 11.3. The second kappa shape index (κ2) is 5.13. The summed E-state index contributed by atoms with van der Waals surface area (Å²) in [6.45, 7) is 5.59. The summed E-state index contributed by atoms with van der Waals surface area (Å²) in [7, 11) is 0. The summed E-state index contributed by atoms with van der Waals surface area (Å²) in [6, 6.07) is 0. The van der Waals surface area contributed by atoms with E-state index < -0.39 is 0 Å². The first-order valence-corrected chi connectivity index (χ1v) is 6.64. The molecule has 2 aromatic rings. The maximum Gasteiger partial charge on any atom is 0.227 e. The van der Waals surface area contributed by atoms with E-state index in [2.05, 4.69) is 27.3 Å². The topological polar surface area (TPSA) is 76.8 Å². The Labute approximate surface area is 111 Å². The van der Waals surface area contributed by atoms with Crippen molar-refractivity contribution < 1.29 is 9.26 Å². The molecule has 0 saturated carbocycles. The number of aromatic nitrogens is 4. The summed E-state index contributed by atoms with van der Waals surface area (Å²) >= 11 is 0. The van der Waals surface area contributed by atoms with Crippen molar-refractivity contribution in [3.63, 3.8) is 0 Å². The molecule has 0 radical (unpaired) electrons. The molecule has 0 unspecified atom stereocenters. The van der Waals surface area contributed by atoms with Crippen LogP contribution in [0.2, 0.25) is 0 Å². The molecule has 6 nitrogen and oxygen atoms in total. The van der Waals surface area contributed by atoms with Crippen LogP contribution >= 0.6 is 0 Å². The van der Waals surface area contributed by atoms with Crippen molar-refractivity contribution in [2.75, 3.05) is 13.2 Å². The summed E-state index contributed by atoms with van der Waals surface area (Å²) in [5.74, 6) is 1.76. The number of nitrogens with zero attached hydrogens (tertiary/aromatic N) is 3. The first-order chi connectivity index (χ1) is 9.24. The Morgan fingerprint density at radius 3 is 2.89 bits per heavy atom. The first-order valence-electron chi connectivity index (χ1n) is 6.64. The van der Waals surface area contributed by atoms with E-state index in [-0.39, 0.29) is 0 Å². The van der Waals surface area contributed by atoms with Gasteiger partial charge < -0.3 is 9.26 Å². The van der Waals surface area contributed by atoms with Gasteiger partial charge in [-0.1, -0.05) is 5.16 Å². The third kappa shape index (κ3) is 2.53. The minimum atomic E-state index is 0.298. The number of ether oxygens (including phenoxy) is 1. The van der Waals surface area contributed by atoms with Gasteiger partial charge in [0.2, 0.25) is 5.89 Å². The van der Waals surface area contributed by atoms with Crippen LogP contribution in [0.15, 0.2) is 4.52 Å². The molecule has 1 saturated heterocycles. The maximum atomic E-state index is 5.33. The van der Waals surface area contributed by atoms with E-state index in [9.17, 15) is 0 Å². The van der Waals surface area contributed by atoms with Crippen molar-refractivity contribution in [2.45, 2.75) is 39.0 Å². The van der Waals surface area contributed by atoms with Crippen molar-refractivity contribution in [2.24, 2.45) is 0 Å². The number of aryl methyl sites for hydroxylation is 3. The number of nitrogens with one attached hydrogen (secondary N) is 1. The van der Waals surface area contributed by atoms with Crippen molar-refractivity contribution >= 4 is 0 Å². The van der Waals surface area contributed by atoms with Gasteiger partial charge in [-0.2, -0.15) is 10.1 Å². The van der Waals surface area contributed by atoms with Crippen LogP contribution in [0.25, 0.3) is 0 Å². The van der Waals surface area contributed by atoms with E-state index in [1.807, 2.05) is 6.92 Å². The molecule has 102 valence electrons. The number of aromatic amines is 1. The summed E-state index contributed by atoms with van der Waals surface area (Å²) in [4.78, 5) is 4.45. The fourth-order valence-electron chi connectivity index (χ4n) is 2.28. The Balaban J connectivity index is 1.62. The van der Waals surface area contributed by atoms with Crippen LogP contribution < -0.4 is 0 Å². The zero-order chi connectivity index (χ0) is 13.2. The van der Waals surface area contributed by atoms with Gasteiger partial charge in [-0.25, -0.2) is 0 Å². The predicted octanol–water partition coefficient (Wildman–Crippen LogP) is 1.70. The first kappa shape index (κ1) is 12.3. The smallest absolute Gasteiger partial charge is 0.227 e. The lowest BCUT2D eigenvalue weighted by molar-refractivity contribution is 0.192. The zero-order valence-corrected chi connectivity index (χ0v) is 11.3. The molecular weight excluding hydrogens is 244 g/mol. The second-order valence-electron chi connectivity index (χ2n) is 5.03. The van der Waals surface area contributed by atoms with Crippen LogP contribution in [0.5, 0.6) is 0 Å². The van der Waals surface area contributed by atoms with Crippen LogP contribution in [0, 0.1) is 13.8 Å². The minimum Gasteiger partial charge on any atom is -0.381 e. The summed E-state index contributed by atoms with van der Waals surface area (Å²) < 4.78 is 10.6. The maximum absolute atomic E-state index is 5.33. The Bertz CT molecular complexity index is 555. The lowest BCUT2D eigenvalue weighted by Gasteiger charge is -1.97. The molecule has 1 N–H and O–H groups in total. The summed E-state index contributed by atoms with van der Waals surface area (Å²) in [5.41, 5.74) is 3.40. The molecule has 1 atom stereocenters. The molecule has 0 bridgehead atoms. The Hall–Kier alpha value is -1.69. The largest absolute Gasteiger partial charge is 0.381 e. The predicted molar refractivity (Wildman–Crippen MR) is 67.9 cm³/mol. The van der Waals surface area contributed by atoms with E-state index >= 15 is 0 Å². The third-order valence-corrected chi connectivity index (χ3v) is 3.71. The van der Waals surface area contributed by atoms with Crippen molar-refractivity contribution in [3.05, 3.63) is 28.7 Å². The lowest BCUT2D eigenvalue weighted by Crippen LogP contribution is -2.00. The van der Waals surface area contributed by atoms with E-state index in [1.165, 1.54) is 5.56 Å². The van der Waals surface area contributed by atoms with Crippen LogP contribution in [0.3, 0.4) is 0 Å². The Morgan fingerprint density at radius 2 is 2.21 bits per heavy atom. The van der Waals surface area contributed by atoms with Gasteiger partial charge in [0.1, 0.15) is 0 Å². The molecular formula is C13H18N4O2. The molecule has 3 heterocycles. The van der Waals surface area contributed by atoms with Crippen LogP contribution in [-0.4, -0.2) is 33.6 Å². The number of hydrogen-bond donors (Lipinski definition) is 1. The highest BCUT2D eigenvalue weighted by Crippen LogP contribution is 2.22. The molecule has 6 heteroatoms. The lowest BCUT2D eigenvalue weighted by atomic mass is 10.1. The molecule has 1 fully saturated rings. The third-order valence-electron chi connectivity index (χ3n) is 3.71. The van der Waals surface area contributed by atoms with Crippen molar-refractivity contribution in [3.8, 4) is 0 Å². The number of hydrogen-bond acceptors (Lipinski definition) is 5. The van der Waals surface area contributed by atoms with Crippen LogP contribution in [0.1, 0.15) is 41.0 Å². The van der Waals surface area contributed by atoms with Gasteiger partial charge in [0.15, 0.2) is 5.82 Å². The van der Waals surface area contributed by atoms with Crippen molar-refractivity contribution in [1.82, 2.24) is 20.3 Å². The molecule has 3 rings (SSSR count). The van der Waals surface area contributed by atoms with Gasteiger partial charge >= 0.3 is 0 Å². The number of H-pyrrole nitrogens is 1. The zero-order valence-electron chi connectivity index (χ0n) is 11.3. The fraction of sp³-hybridized carbons (Fsp3) is 0.615.